The van der Waals surface area contributed by atoms with Crippen molar-refractivity contribution in [3.8, 4) is 6.07 Å². The molecule has 0 aromatic carbocycles. The van der Waals surface area contributed by atoms with Crippen molar-refractivity contribution in [2.24, 2.45) is 0 Å². The van der Waals surface area contributed by atoms with Gasteiger partial charge in [0.15, 0.2) is 0 Å². The van der Waals surface area contributed by atoms with Gasteiger partial charge < -0.3 is 5.32 Å². The van der Waals surface area contributed by atoms with Gasteiger partial charge in [0.05, 0.1) is 16.7 Å². The predicted molar refractivity (Wildman–Crippen MR) is 56.1 cm³/mol. The monoisotopic (exact) mass is 205 g/mol. The van der Waals surface area contributed by atoms with Crippen LogP contribution < -0.4 is 5.32 Å². The van der Waals surface area contributed by atoms with Crippen LogP contribution in [0.15, 0.2) is 23.4 Å². The molecule has 1 atom stereocenters. The Bertz CT molecular complexity index is 353. The number of hydrogen-bond acceptors (Lipinski definition) is 4. The molecule has 0 unspecified atom stereocenters. The summed E-state index contributed by atoms with van der Waals surface area (Å²) >= 11 is 1.76. The molecule has 0 aliphatic carbocycles. The molecule has 0 spiro atoms. The Kier molecular flexibility index (Phi) is 3.02. The SMILES string of the molecule is N#Cc1ccnc(S[C@H]2CCNC2)c1. The third-order valence-corrected chi connectivity index (χ3v) is 3.37. The molecule has 1 N–H and O–H groups in total. The lowest BCUT2D eigenvalue weighted by Crippen LogP contribution is -2.10. The van der Waals surface area contributed by atoms with Crippen LogP contribution in [0.5, 0.6) is 0 Å². The molecule has 2 rings (SSSR count). The van der Waals surface area contributed by atoms with Crippen LogP contribution in [0.25, 0.3) is 0 Å². The summed E-state index contributed by atoms with van der Waals surface area (Å²) in [6.45, 7) is 2.14. The van der Waals surface area contributed by atoms with Crippen LogP contribution in [0.1, 0.15) is 12.0 Å². The molecule has 2 heterocycles. The molecule has 14 heavy (non-hydrogen) atoms. The maximum Gasteiger partial charge on any atom is 0.0993 e. The quantitative estimate of drug-likeness (QED) is 0.793. The summed E-state index contributed by atoms with van der Waals surface area (Å²) in [4.78, 5) is 4.23. The van der Waals surface area contributed by atoms with E-state index in [2.05, 4.69) is 16.4 Å². The van der Waals surface area contributed by atoms with Crippen LogP contribution in [-0.4, -0.2) is 23.3 Å². The van der Waals surface area contributed by atoms with E-state index in [9.17, 15) is 0 Å². The lowest BCUT2D eigenvalue weighted by atomic mass is 10.3. The zero-order chi connectivity index (χ0) is 9.80. The highest BCUT2D eigenvalue weighted by molar-refractivity contribution is 7.99. The van der Waals surface area contributed by atoms with Crippen molar-refractivity contribution < 1.29 is 0 Å². The van der Waals surface area contributed by atoms with Gasteiger partial charge in [0.25, 0.3) is 0 Å². The number of hydrogen-bond donors (Lipinski definition) is 1. The van der Waals surface area contributed by atoms with Gasteiger partial charge in [-0.3, -0.25) is 0 Å². The second-order valence-corrected chi connectivity index (χ2v) is 4.55. The molecule has 1 aromatic heterocycles. The van der Waals surface area contributed by atoms with E-state index in [0.29, 0.717) is 10.8 Å². The predicted octanol–water partition coefficient (Wildman–Crippen LogP) is 1.41. The van der Waals surface area contributed by atoms with Gasteiger partial charge in [-0.05, 0) is 25.1 Å². The van der Waals surface area contributed by atoms with Gasteiger partial charge in [0, 0.05) is 18.0 Å². The van der Waals surface area contributed by atoms with Gasteiger partial charge in [-0.2, -0.15) is 5.26 Å². The average molecular weight is 205 g/mol. The van der Waals surface area contributed by atoms with Crippen molar-refractivity contribution in [1.82, 2.24) is 10.3 Å². The van der Waals surface area contributed by atoms with E-state index >= 15 is 0 Å². The number of rotatable bonds is 2. The van der Waals surface area contributed by atoms with Crippen molar-refractivity contribution in [2.75, 3.05) is 13.1 Å². The van der Waals surface area contributed by atoms with E-state index in [1.165, 1.54) is 6.42 Å². The molecular weight excluding hydrogens is 194 g/mol. The van der Waals surface area contributed by atoms with Gasteiger partial charge in [0.1, 0.15) is 0 Å². The highest BCUT2D eigenvalue weighted by Crippen LogP contribution is 2.25. The third kappa shape index (κ3) is 2.25. The highest BCUT2D eigenvalue weighted by Gasteiger charge is 2.16. The van der Waals surface area contributed by atoms with Gasteiger partial charge in [-0.25, -0.2) is 4.98 Å². The minimum atomic E-state index is 0.608. The van der Waals surface area contributed by atoms with E-state index in [0.717, 1.165) is 18.1 Å². The van der Waals surface area contributed by atoms with Crippen molar-refractivity contribution in [3.05, 3.63) is 23.9 Å². The van der Waals surface area contributed by atoms with E-state index in [-0.39, 0.29) is 0 Å². The van der Waals surface area contributed by atoms with Gasteiger partial charge >= 0.3 is 0 Å². The summed E-state index contributed by atoms with van der Waals surface area (Å²) < 4.78 is 0. The molecule has 0 radical (unpaired) electrons. The molecule has 72 valence electrons. The van der Waals surface area contributed by atoms with Gasteiger partial charge in [-0.15, -0.1) is 11.8 Å². The zero-order valence-corrected chi connectivity index (χ0v) is 8.55. The van der Waals surface area contributed by atoms with Crippen LogP contribution in [0.2, 0.25) is 0 Å². The fourth-order valence-electron chi connectivity index (χ4n) is 1.44. The minimum absolute atomic E-state index is 0.608. The first-order valence-electron chi connectivity index (χ1n) is 4.62. The molecule has 1 aromatic rings. The second-order valence-electron chi connectivity index (χ2n) is 3.23. The normalized spacial score (nSPS) is 20.6. The maximum atomic E-state index is 8.72. The fraction of sp³-hybridized carbons (Fsp3) is 0.400. The minimum Gasteiger partial charge on any atom is -0.316 e. The van der Waals surface area contributed by atoms with Crippen LogP contribution in [0.3, 0.4) is 0 Å². The van der Waals surface area contributed by atoms with Gasteiger partial charge in [-0.1, -0.05) is 0 Å². The summed E-state index contributed by atoms with van der Waals surface area (Å²) in [6.07, 6.45) is 2.88. The van der Waals surface area contributed by atoms with E-state index in [1.54, 1.807) is 24.0 Å². The molecule has 1 fully saturated rings. The Morgan fingerprint density at radius 1 is 1.64 bits per heavy atom. The Morgan fingerprint density at radius 2 is 2.57 bits per heavy atom. The van der Waals surface area contributed by atoms with Crippen molar-refractivity contribution in [3.63, 3.8) is 0 Å². The molecular formula is C10H11N3S. The third-order valence-electron chi connectivity index (χ3n) is 2.17. The summed E-state index contributed by atoms with van der Waals surface area (Å²) in [6, 6.07) is 5.71. The number of thioether (sulfide) groups is 1. The summed E-state index contributed by atoms with van der Waals surface area (Å²) in [5.41, 5.74) is 0.688. The average Bonchev–Trinajstić information content (AvgIpc) is 2.71. The number of pyridine rings is 1. The molecule has 1 aliphatic rings. The summed E-state index contributed by atoms with van der Waals surface area (Å²) in [5.74, 6) is 0. The standard InChI is InChI=1S/C10H11N3S/c11-6-8-1-4-13-10(5-8)14-9-2-3-12-7-9/h1,4-5,9,12H,2-3,7H2/t9-/m0/s1. The Labute approximate surface area is 87.5 Å². The second kappa shape index (κ2) is 4.45. The smallest absolute Gasteiger partial charge is 0.0993 e. The van der Waals surface area contributed by atoms with Crippen molar-refractivity contribution in [1.29, 1.82) is 5.26 Å². The first kappa shape index (κ1) is 9.50. The number of nitrogens with zero attached hydrogens (tertiary/aromatic N) is 2. The van der Waals surface area contributed by atoms with Gasteiger partial charge in [0.2, 0.25) is 0 Å². The molecule has 1 saturated heterocycles. The van der Waals surface area contributed by atoms with E-state index < -0.39 is 0 Å². The Balaban J connectivity index is 2.05. The van der Waals surface area contributed by atoms with Crippen molar-refractivity contribution in [2.45, 2.75) is 16.7 Å². The van der Waals surface area contributed by atoms with Crippen LogP contribution in [-0.2, 0) is 0 Å². The Morgan fingerprint density at radius 3 is 3.29 bits per heavy atom. The van der Waals surface area contributed by atoms with E-state index in [4.69, 9.17) is 5.26 Å². The highest BCUT2D eigenvalue weighted by atomic mass is 32.2. The molecule has 3 nitrogen and oxygen atoms in total. The lowest BCUT2D eigenvalue weighted by Gasteiger charge is -2.06. The van der Waals surface area contributed by atoms with Crippen molar-refractivity contribution >= 4 is 11.8 Å². The topological polar surface area (TPSA) is 48.7 Å². The molecule has 1 aliphatic heterocycles. The lowest BCUT2D eigenvalue weighted by molar-refractivity contribution is 0.858. The number of nitrogens with one attached hydrogen (secondary N) is 1. The summed E-state index contributed by atoms with van der Waals surface area (Å²) in [5, 5.41) is 13.6. The molecule has 0 amide bonds. The first-order chi connectivity index (χ1) is 6.88. The molecule has 0 saturated carbocycles. The number of nitriles is 1. The fourth-order valence-corrected chi connectivity index (χ4v) is 2.54. The van der Waals surface area contributed by atoms with Crippen LogP contribution in [0, 0.1) is 11.3 Å². The molecule has 0 bridgehead atoms. The first-order valence-corrected chi connectivity index (χ1v) is 5.50. The number of aromatic nitrogens is 1. The van der Waals surface area contributed by atoms with E-state index in [1.807, 2.05) is 6.07 Å². The molecule has 4 heteroatoms. The van der Waals surface area contributed by atoms with Crippen LogP contribution in [0.4, 0.5) is 0 Å². The zero-order valence-electron chi connectivity index (χ0n) is 7.73. The van der Waals surface area contributed by atoms with Crippen LogP contribution >= 0.6 is 11.8 Å². The maximum absolute atomic E-state index is 8.72. The summed E-state index contributed by atoms with van der Waals surface area (Å²) in [7, 11) is 0. The Hall–Kier alpha value is -1.05. The largest absolute Gasteiger partial charge is 0.316 e.